The fourth-order valence-corrected chi connectivity index (χ4v) is 1.71. The number of nitrogens with zero attached hydrogens (tertiary/aromatic N) is 1. The number of nitrogens with one attached hydrogen (secondary N) is 1. The van der Waals surface area contributed by atoms with E-state index in [1.807, 2.05) is 26.0 Å². The fraction of sp³-hybridized carbons (Fsp3) is 0.615. The maximum atomic E-state index is 11.9. The first-order valence-corrected chi connectivity index (χ1v) is 6.23. The lowest BCUT2D eigenvalue weighted by Crippen LogP contribution is -2.24. The number of hydrogen-bond donors (Lipinski definition) is 1. The maximum absolute atomic E-state index is 11.9. The van der Waals surface area contributed by atoms with Crippen molar-refractivity contribution in [1.82, 2.24) is 10.3 Å². The topological polar surface area (TPSA) is 34.1 Å². The van der Waals surface area contributed by atoms with E-state index in [-0.39, 0.29) is 12.6 Å². The van der Waals surface area contributed by atoms with Crippen LogP contribution in [0.15, 0.2) is 18.3 Å². The number of pyridine rings is 1. The van der Waals surface area contributed by atoms with Crippen LogP contribution in [0.25, 0.3) is 0 Å². The first-order valence-electron chi connectivity index (χ1n) is 6.23. The van der Waals surface area contributed by atoms with Crippen LogP contribution < -0.4 is 5.32 Å². The van der Waals surface area contributed by atoms with E-state index < -0.39 is 12.8 Å². The SMILES string of the molecule is CCNC(CCOCC(F)(F)F)c1ccc(C)nc1. The average Bonchev–Trinajstić information content (AvgIpc) is 2.33. The van der Waals surface area contributed by atoms with Gasteiger partial charge in [-0.1, -0.05) is 13.0 Å². The van der Waals surface area contributed by atoms with Crippen molar-refractivity contribution in [2.75, 3.05) is 19.8 Å². The molecular formula is C13H19F3N2O. The molecule has 1 unspecified atom stereocenters. The quantitative estimate of drug-likeness (QED) is 0.777. The molecule has 1 heterocycles. The molecule has 1 aromatic heterocycles. The molecule has 0 aliphatic rings. The van der Waals surface area contributed by atoms with Gasteiger partial charge in [-0.2, -0.15) is 13.2 Å². The molecule has 108 valence electrons. The summed E-state index contributed by atoms with van der Waals surface area (Å²) in [6.45, 7) is 3.44. The molecule has 0 aliphatic heterocycles. The Morgan fingerprint density at radius 1 is 1.37 bits per heavy atom. The van der Waals surface area contributed by atoms with Gasteiger partial charge in [0.2, 0.25) is 0 Å². The molecule has 0 spiro atoms. The van der Waals surface area contributed by atoms with E-state index in [1.165, 1.54) is 0 Å². The predicted octanol–water partition coefficient (Wildman–Crippen LogP) is 3.01. The third kappa shape index (κ3) is 6.54. The van der Waals surface area contributed by atoms with E-state index in [0.29, 0.717) is 6.42 Å². The third-order valence-corrected chi connectivity index (χ3v) is 2.60. The second-order valence-corrected chi connectivity index (χ2v) is 4.30. The second kappa shape index (κ2) is 7.45. The van der Waals surface area contributed by atoms with Gasteiger partial charge in [0.15, 0.2) is 0 Å². The second-order valence-electron chi connectivity index (χ2n) is 4.30. The molecule has 1 aromatic rings. The Morgan fingerprint density at radius 2 is 2.11 bits per heavy atom. The fourth-order valence-electron chi connectivity index (χ4n) is 1.71. The minimum absolute atomic E-state index is 0.0358. The Kier molecular flexibility index (Phi) is 6.24. The van der Waals surface area contributed by atoms with E-state index in [9.17, 15) is 13.2 Å². The van der Waals surface area contributed by atoms with Crippen molar-refractivity contribution < 1.29 is 17.9 Å². The number of halogens is 3. The number of alkyl halides is 3. The van der Waals surface area contributed by atoms with Crippen LogP contribution in [0.5, 0.6) is 0 Å². The summed E-state index contributed by atoms with van der Waals surface area (Å²) in [6.07, 6.45) is -2.04. The van der Waals surface area contributed by atoms with Crippen LogP contribution in [0, 0.1) is 6.92 Å². The van der Waals surface area contributed by atoms with Gasteiger partial charge in [0.25, 0.3) is 0 Å². The van der Waals surface area contributed by atoms with Crippen LogP contribution >= 0.6 is 0 Å². The number of rotatable bonds is 7. The highest BCUT2D eigenvalue weighted by Crippen LogP contribution is 2.18. The largest absolute Gasteiger partial charge is 0.411 e. The minimum Gasteiger partial charge on any atom is -0.372 e. The van der Waals surface area contributed by atoms with E-state index in [0.717, 1.165) is 17.8 Å². The Morgan fingerprint density at radius 3 is 2.63 bits per heavy atom. The maximum Gasteiger partial charge on any atom is 0.411 e. The van der Waals surface area contributed by atoms with Crippen molar-refractivity contribution in [1.29, 1.82) is 0 Å². The Balaban J connectivity index is 2.47. The lowest BCUT2D eigenvalue weighted by molar-refractivity contribution is -0.174. The van der Waals surface area contributed by atoms with Gasteiger partial charge in [-0.05, 0) is 31.5 Å². The van der Waals surface area contributed by atoms with E-state index in [4.69, 9.17) is 0 Å². The van der Waals surface area contributed by atoms with Crippen LogP contribution in [-0.2, 0) is 4.74 Å². The summed E-state index contributed by atoms with van der Waals surface area (Å²) in [7, 11) is 0. The molecule has 0 aromatic carbocycles. The van der Waals surface area contributed by atoms with Crippen molar-refractivity contribution >= 4 is 0 Å². The smallest absolute Gasteiger partial charge is 0.372 e. The van der Waals surface area contributed by atoms with Crippen molar-refractivity contribution in [2.45, 2.75) is 32.5 Å². The van der Waals surface area contributed by atoms with Gasteiger partial charge in [-0.25, -0.2) is 0 Å². The molecule has 0 radical (unpaired) electrons. The molecule has 6 heteroatoms. The molecule has 0 saturated carbocycles. The summed E-state index contributed by atoms with van der Waals surface area (Å²) in [5.41, 5.74) is 1.87. The average molecular weight is 276 g/mol. The zero-order valence-corrected chi connectivity index (χ0v) is 11.1. The standard InChI is InChI=1S/C13H19F3N2O/c1-3-17-12(6-7-19-9-13(14,15)16)11-5-4-10(2)18-8-11/h4-5,8,12,17H,3,6-7,9H2,1-2H3. The molecule has 0 fully saturated rings. The van der Waals surface area contributed by atoms with Gasteiger partial charge >= 0.3 is 6.18 Å². The molecule has 0 saturated heterocycles. The van der Waals surface area contributed by atoms with E-state index in [1.54, 1.807) is 6.20 Å². The molecule has 0 bridgehead atoms. The van der Waals surface area contributed by atoms with Gasteiger partial charge in [-0.3, -0.25) is 4.98 Å². The Hall–Kier alpha value is -1.14. The van der Waals surface area contributed by atoms with Crippen LogP contribution in [0.3, 0.4) is 0 Å². The number of ether oxygens (including phenoxy) is 1. The third-order valence-electron chi connectivity index (χ3n) is 2.60. The highest BCUT2D eigenvalue weighted by Gasteiger charge is 2.27. The molecule has 3 nitrogen and oxygen atoms in total. The van der Waals surface area contributed by atoms with Crippen LogP contribution in [0.1, 0.15) is 30.6 Å². The normalized spacial score (nSPS) is 13.5. The lowest BCUT2D eigenvalue weighted by Gasteiger charge is -2.18. The molecule has 1 N–H and O–H groups in total. The summed E-state index contributed by atoms with van der Waals surface area (Å²) in [4.78, 5) is 4.19. The van der Waals surface area contributed by atoms with E-state index >= 15 is 0 Å². The number of hydrogen-bond acceptors (Lipinski definition) is 3. The highest BCUT2D eigenvalue weighted by molar-refractivity contribution is 5.17. The first kappa shape index (κ1) is 15.9. The number of aromatic nitrogens is 1. The zero-order valence-electron chi connectivity index (χ0n) is 11.1. The molecule has 0 aliphatic carbocycles. The summed E-state index contributed by atoms with van der Waals surface area (Å²) in [6, 6.07) is 3.78. The van der Waals surface area contributed by atoms with Gasteiger partial charge in [0.1, 0.15) is 6.61 Å². The zero-order chi connectivity index (χ0) is 14.3. The summed E-state index contributed by atoms with van der Waals surface area (Å²) in [5.74, 6) is 0. The summed E-state index contributed by atoms with van der Waals surface area (Å²) in [5, 5.41) is 3.21. The van der Waals surface area contributed by atoms with Crippen molar-refractivity contribution in [3.63, 3.8) is 0 Å². The van der Waals surface area contributed by atoms with Crippen LogP contribution in [-0.4, -0.2) is 30.9 Å². The first-order chi connectivity index (χ1) is 8.92. The number of aryl methyl sites for hydroxylation is 1. The van der Waals surface area contributed by atoms with Gasteiger partial charge in [-0.15, -0.1) is 0 Å². The van der Waals surface area contributed by atoms with Crippen LogP contribution in [0.2, 0.25) is 0 Å². The van der Waals surface area contributed by atoms with Crippen molar-refractivity contribution in [3.8, 4) is 0 Å². The predicted molar refractivity (Wildman–Crippen MR) is 66.9 cm³/mol. The molecule has 1 atom stereocenters. The monoisotopic (exact) mass is 276 g/mol. The Labute approximate surface area is 111 Å². The van der Waals surface area contributed by atoms with Gasteiger partial charge < -0.3 is 10.1 Å². The molecule has 19 heavy (non-hydrogen) atoms. The Bertz CT molecular complexity index is 365. The molecule has 0 amide bonds. The van der Waals surface area contributed by atoms with Gasteiger partial charge in [0.05, 0.1) is 0 Å². The van der Waals surface area contributed by atoms with Crippen LogP contribution in [0.4, 0.5) is 13.2 Å². The van der Waals surface area contributed by atoms with E-state index in [2.05, 4.69) is 15.0 Å². The molecular weight excluding hydrogens is 257 g/mol. The van der Waals surface area contributed by atoms with Gasteiger partial charge in [0, 0.05) is 24.5 Å². The minimum atomic E-state index is -4.26. The summed E-state index contributed by atoms with van der Waals surface area (Å²) < 4.78 is 40.5. The highest BCUT2D eigenvalue weighted by atomic mass is 19.4. The lowest BCUT2D eigenvalue weighted by atomic mass is 10.1. The van der Waals surface area contributed by atoms with Crippen molar-refractivity contribution in [3.05, 3.63) is 29.6 Å². The molecule has 1 rings (SSSR count). The van der Waals surface area contributed by atoms with Crippen molar-refractivity contribution in [2.24, 2.45) is 0 Å². The summed E-state index contributed by atoms with van der Waals surface area (Å²) >= 11 is 0.